The second-order valence-electron chi connectivity index (χ2n) is 3.91. The highest BCUT2D eigenvalue weighted by atomic mass is 15.1. The van der Waals surface area contributed by atoms with E-state index in [4.69, 9.17) is 0 Å². The summed E-state index contributed by atoms with van der Waals surface area (Å²) in [6, 6.07) is 19.1. The predicted octanol–water partition coefficient (Wildman–Crippen LogP) is 5.04. The first-order valence-corrected chi connectivity index (χ1v) is 6.69. The molecule has 2 aromatic rings. The molecule has 0 saturated heterocycles. The zero-order chi connectivity index (χ0) is 13.4. The third-order valence-corrected chi connectivity index (χ3v) is 2.88. The van der Waals surface area contributed by atoms with E-state index >= 15 is 0 Å². The Morgan fingerprint density at radius 1 is 0.778 bits per heavy atom. The maximum atomic E-state index is 2.19. The summed E-state index contributed by atoms with van der Waals surface area (Å²) in [6.45, 7) is 6.18. The lowest BCUT2D eigenvalue weighted by Gasteiger charge is -2.19. The Kier molecular flexibility index (Phi) is 5.99. The van der Waals surface area contributed by atoms with Crippen LogP contribution in [0.5, 0.6) is 0 Å². The summed E-state index contributed by atoms with van der Waals surface area (Å²) in [4.78, 5) is 2.19. The van der Waals surface area contributed by atoms with Crippen molar-refractivity contribution in [2.45, 2.75) is 27.2 Å². The van der Waals surface area contributed by atoms with E-state index in [1.165, 1.54) is 16.9 Å². The first-order chi connectivity index (χ1) is 8.81. The summed E-state index contributed by atoms with van der Waals surface area (Å²) in [5.41, 5.74) is 3.82. The van der Waals surface area contributed by atoms with Gasteiger partial charge in [0.25, 0.3) is 0 Å². The molecule has 0 bridgehead atoms. The van der Waals surface area contributed by atoms with Crippen LogP contribution in [0.4, 0.5) is 11.4 Å². The van der Waals surface area contributed by atoms with Gasteiger partial charge in [0.1, 0.15) is 0 Å². The predicted molar refractivity (Wildman–Crippen MR) is 81.7 cm³/mol. The SMILES string of the molecule is CC.CCc1ccc(N(C)c2ccccc2)cc1. The van der Waals surface area contributed by atoms with E-state index in [-0.39, 0.29) is 0 Å². The summed E-state index contributed by atoms with van der Waals surface area (Å²) in [6.07, 6.45) is 1.09. The fourth-order valence-corrected chi connectivity index (χ4v) is 1.76. The highest BCUT2D eigenvalue weighted by Gasteiger charge is 2.02. The number of nitrogens with zero attached hydrogens (tertiary/aromatic N) is 1. The smallest absolute Gasteiger partial charge is 0.0408 e. The van der Waals surface area contributed by atoms with Crippen molar-refractivity contribution in [3.05, 3.63) is 60.2 Å². The molecule has 0 saturated carbocycles. The molecule has 2 rings (SSSR count). The van der Waals surface area contributed by atoms with Gasteiger partial charge in [0.05, 0.1) is 0 Å². The average molecular weight is 241 g/mol. The quantitative estimate of drug-likeness (QED) is 0.727. The van der Waals surface area contributed by atoms with E-state index in [1.807, 2.05) is 19.9 Å². The Bertz CT molecular complexity index is 431. The third kappa shape index (κ3) is 3.63. The lowest BCUT2D eigenvalue weighted by molar-refractivity contribution is 1.13. The van der Waals surface area contributed by atoms with Crippen LogP contribution in [-0.2, 0) is 6.42 Å². The van der Waals surface area contributed by atoms with Crippen LogP contribution in [0, 0.1) is 0 Å². The third-order valence-electron chi connectivity index (χ3n) is 2.88. The van der Waals surface area contributed by atoms with Gasteiger partial charge in [0, 0.05) is 18.4 Å². The summed E-state index contributed by atoms with van der Waals surface area (Å²) in [5, 5.41) is 0. The van der Waals surface area contributed by atoms with Crippen molar-refractivity contribution >= 4 is 11.4 Å². The molecule has 96 valence electrons. The van der Waals surface area contributed by atoms with Crippen molar-refractivity contribution in [3.8, 4) is 0 Å². The highest BCUT2D eigenvalue weighted by molar-refractivity contribution is 5.62. The number of anilines is 2. The van der Waals surface area contributed by atoms with E-state index in [9.17, 15) is 0 Å². The number of rotatable bonds is 3. The number of benzene rings is 2. The van der Waals surface area contributed by atoms with Crippen molar-refractivity contribution in [2.24, 2.45) is 0 Å². The fourth-order valence-electron chi connectivity index (χ4n) is 1.76. The molecule has 0 amide bonds. The molecular formula is C17H23N. The van der Waals surface area contributed by atoms with Crippen molar-refractivity contribution < 1.29 is 0 Å². The van der Waals surface area contributed by atoms with Crippen LogP contribution in [0.1, 0.15) is 26.3 Å². The van der Waals surface area contributed by atoms with E-state index in [0.29, 0.717) is 0 Å². The topological polar surface area (TPSA) is 3.24 Å². The van der Waals surface area contributed by atoms with Gasteiger partial charge in [-0.15, -0.1) is 0 Å². The summed E-state index contributed by atoms with van der Waals surface area (Å²) in [7, 11) is 2.09. The Balaban J connectivity index is 0.000000771. The zero-order valence-electron chi connectivity index (χ0n) is 11.9. The Morgan fingerprint density at radius 2 is 1.28 bits per heavy atom. The molecule has 0 fully saturated rings. The maximum absolute atomic E-state index is 2.19. The van der Waals surface area contributed by atoms with Gasteiger partial charge >= 0.3 is 0 Å². The molecule has 0 aliphatic carbocycles. The first kappa shape index (κ1) is 14.3. The summed E-state index contributed by atoms with van der Waals surface area (Å²) < 4.78 is 0. The molecule has 0 radical (unpaired) electrons. The van der Waals surface area contributed by atoms with Gasteiger partial charge < -0.3 is 4.90 Å². The summed E-state index contributed by atoms with van der Waals surface area (Å²) >= 11 is 0. The molecule has 0 atom stereocenters. The molecule has 1 nitrogen and oxygen atoms in total. The average Bonchev–Trinajstić information content (AvgIpc) is 2.49. The van der Waals surface area contributed by atoms with E-state index in [2.05, 4.69) is 67.4 Å². The Labute approximate surface area is 111 Å². The number of aryl methyl sites for hydroxylation is 1. The first-order valence-electron chi connectivity index (χ1n) is 6.69. The van der Waals surface area contributed by atoms with Gasteiger partial charge in [-0.05, 0) is 36.2 Å². The van der Waals surface area contributed by atoms with Crippen molar-refractivity contribution in [1.29, 1.82) is 0 Å². The largest absolute Gasteiger partial charge is 0.345 e. The van der Waals surface area contributed by atoms with Crippen LogP contribution in [0.25, 0.3) is 0 Å². The van der Waals surface area contributed by atoms with Crippen LogP contribution in [0.2, 0.25) is 0 Å². The lowest BCUT2D eigenvalue weighted by Crippen LogP contribution is -2.08. The minimum absolute atomic E-state index is 1.09. The monoisotopic (exact) mass is 241 g/mol. The molecule has 0 unspecified atom stereocenters. The molecule has 0 N–H and O–H groups in total. The molecule has 0 aromatic heterocycles. The summed E-state index contributed by atoms with van der Waals surface area (Å²) in [5.74, 6) is 0. The van der Waals surface area contributed by atoms with Gasteiger partial charge in [0.15, 0.2) is 0 Å². The van der Waals surface area contributed by atoms with Gasteiger partial charge in [0.2, 0.25) is 0 Å². The zero-order valence-corrected chi connectivity index (χ0v) is 11.9. The minimum atomic E-state index is 1.09. The Morgan fingerprint density at radius 3 is 1.78 bits per heavy atom. The van der Waals surface area contributed by atoms with Gasteiger partial charge in [-0.25, -0.2) is 0 Å². The normalized spacial score (nSPS) is 9.33. The molecule has 0 aliphatic heterocycles. The van der Waals surface area contributed by atoms with Gasteiger partial charge in [-0.1, -0.05) is 51.1 Å². The number of para-hydroxylation sites is 1. The molecular weight excluding hydrogens is 218 g/mol. The standard InChI is InChI=1S/C15H17N.C2H6/c1-3-13-9-11-15(12-10-13)16(2)14-7-5-4-6-8-14;1-2/h4-12H,3H2,1-2H3;1-2H3. The second kappa shape index (κ2) is 7.54. The highest BCUT2D eigenvalue weighted by Crippen LogP contribution is 2.23. The maximum Gasteiger partial charge on any atom is 0.0408 e. The van der Waals surface area contributed by atoms with Crippen LogP contribution in [0.3, 0.4) is 0 Å². The number of hydrogen-bond donors (Lipinski definition) is 0. The van der Waals surface area contributed by atoms with Gasteiger partial charge in [-0.3, -0.25) is 0 Å². The van der Waals surface area contributed by atoms with Gasteiger partial charge in [-0.2, -0.15) is 0 Å². The lowest BCUT2D eigenvalue weighted by atomic mass is 10.1. The van der Waals surface area contributed by atoms with E-state index in [0.717, 1.165) is 6.42 Å². The van der Waals surface area contributed by atoms with Crippen molar-refractivity contribution in [2.75, 3.05) is 11.9 Å². The van der Waals surface area contributed by atoms with Crippen LogP contribution >= 0.6 is 0 Å². The molecule has 2 aromatic carbocycles. The second-order valence-corrected chi connectivity index (χ2v) is 3.91. The van der Waals surface area contributed by atoms with E-state index in [1.54, 1.807) is 0 Å². The fraction of sp³-hybridized carbons (Fsp3) is 0.294. The molecule has 0 aliphatic rings. The Hall–Kier alpha value is -1.76. The van der Waals surface area contributed by atoms with Crippen LogP contribution in [-0.4, -0.2) is 7.05 Å². The molecule has 0 spiro atoms. The van der Waals surface area contributed by atoms with Crippen molar-refractivity contribution in [3.63, 3.8) is 0 Å². The molecule has 18 heavy (non-hydrogen) atoms. The molecule has 0 heterocycles. The van der Waals surface area contributed by atoms with Crippen LogP contribution < -0.4 is 4.90 Å². The van der Waals surface area contributed by atoms with E-state index < -0.39 is 0 Å². The molecule has 1 heteroatoms. The number of hydrogen-bond acceptors (Lipinski definition) is 1. The van der Waals surface area contributed by atoms with Crippen LogP contribution in [0.15, 0.2) is 54.6 Å². The van der Waals surface area contributed by atoms with Crippen molar-refractivity contribution in [1.82, 2.24) is 0 Å². The minimum Gasteiger partial charge on any atom is -0.345 e.